The van der Waals surface area contributed by atoms with Crippen LogP contribution in [0.2, 0.25) is 0 Å². The van der Waals surface area contributed by atoms with E-state index in [-0.39, 0.29) is 5.84 Å². The van der Waals surface area contributed by atoms with Crippen LogP contribution in [-0.2, 0) is 7.05 Å². The average Bonchev–Trinajstić information content (AvgIpc) is 2.67. The van der Waals surface area contributed by atoms with E-state index in [0.717, 1.165) is 6.54 Å². The molecule has 0 unspecified atom stereocenters. The highest BCUT2D eigenvalue weighted by atomic mass is 16.5. The number of ether oxygens (including phenoxy) is 1. The lowest BCUT2D eigenvalue weighted by atomic mass is 10.2. The molecule has 0 saturated heterocycles. The van der Waals surface area contributed by atoms with Gasteiger partial charge in [-0.1, -0.05) is 5.16 Å². The summed E-state index contributed by atoms with van der Waals surface area (Å²) in [6.07, 6.45) is 0. The third-order valence-corrected chi connectivity index (χ3v) is 3.45. The van der Waals surface area contributed by atoms with Gasteiger partial charge in [-0.05, 0) is 34.6 Å². The first-order valence-electron chi connectivity index (χ1n) is 7.19. The van der Waals surface area contributed by atoms with Crippen molar-refractivity contribution in [1.29, 1.82) is 0 Å². The van der Waals surface area contributed by atoms with E-state index < -0.39 is 0 Å². The Hall–Kier alpha value is -1.76. The Morgan fingerprint density at radius 1 is 1.38 bits per heavy atom. The Kier molecular flexibility index (Phi) is 6.02. The molecule has 3 N–H and O–H groups in total. The van der Waals surface area contributed by atoms with Crippen LogP contribution < -0.4 is 10.5 Å². The van der Waals surface area contributed by atoms with Crippen molar-refractivity contribution >= 4 is 5.84 Å². The van der Waals surface area contributed by atoms with E-state index >= 15 is 0 Å². The topological polar surface area (TPSA) is 88.9 Å². The molecule has 0 spiro atoms. The summed E-state index contributed by atoms with van der Waals surface area (Å²) >= 11 is 0. The summed E-state index contributed by atoms with van der Waals surface area (Å²) in [5.41, 5.74) is 6.91. The highest BCUT2D eigenvalue weighted by Crippen LogP contribution is 2.21. The zero-order chi connectivity index (χ0) is 16.2. The first-order chi connectivity index (χ1) is 9.79. The van der Waals surface area contributed by atoms with Gasteiger partial charge >= 0.3 is 0 Å². The summed E-state index contributed by atoms with van der Waals surface area (Å²) in [7, 11) is 1.78. The quantitative estimate of drug-likeness (QED) is 0.343. The maximum atomic E-state index is 8.87. The van der Waals surface area contributed by atoms with Gasteiger partial charge in [0.2, 0.25) is 5.88 Å². The van der Waals surface area contributed by atoms with Crippen molar-refractivity contribution in [2.75, 3.05) is 13.2 Å². The fourth-order valence-electron chi connectivity index (χ4n) is 2.51. The van der Waals surface area contributed by atoms with Crippen LogP contribution in [0.25, 0.3) is 0 Å². The summed E-state index contributed by atoms with van der Waals surface area (Å²) in [5.74, 6) is 0.537. The molecule has 0 aliphatic rings. The van der Waals surface area contributed by atoms with Gasteiger partial charge in [0, 0.05) is 25.7 Å². The smallest absolute Gasteiger partial charge is 0.223 e. The molecule has 7 heteroatoms. The van der Waals surface area contributed by atoms with E-state index in [1.807, 2.05) is 0 Å². The van der Waals surface area contributed by atoms with Gasteiger partial charge in [-0.2, -0.15) is 5.10 Å². The molecule has 0 radical (unpaired) electrons. The predicted molar refractivity (Wildman–Crippen MR) is 82.9 cm³/mol. The molecule has 0 fully saturated rings. The normalized spacial score (nSPS) is 12.7. The fraction of sp³-hybridized carbons (Fsp3) is 0.714. The SMILES string of the molecule is Cc1nn(C)c(OCCN(C(C)C)C(C)C)c1C(N)=NO. The second kappa shape index (κ2) is 7.31. The molecule has 0 amide bonds. The second-order valence-corrected chi connectivity index (χ2v) is 5.65. The van der Waals surface area contributed by atoms with Crippen molar-refractivity contribution in [2.45, 2.75) is 46.7 Å². The van der Waals surface area contributed by atoms with Gasteiger partial charge in [0.05, 0.1) is 5.69 Å². The van der Waals surface area contributed by atoms with Gasteiger partial charge in [0.25, 0.3) is 0 Å². The molecule has 7 nitrogen and oxygen atoms in total. The van der Waals surface area contributed by atoms with Crippen LogP contribution in [0, 0.1) is 6.92 Å². The minimum absolute atomic E-state index is 0.0141. The summed E-state index contributed by atoms with van der Waals surface area (Å²) in [6, 6.07) is 0.899. The maximum Gasteiger partial charge on any atom is 0.223 e. The number of rotatable bonds is 7. The molecule has 21 heavy (non-hydrogen) atoms. The van der Waals surface area contributed by atoms with Gasteiger partial charge in [-0.3, -0.25) is 4.90 Å². The van der Waals surface area contributed by atoms with Crippen molar-refractivity contribution in [3.05, 3.63) is 11.3 Å². The first kappa shape index (κ1) is 17.3. The van der Waals surface area contributed by atoms with E-state index in [9.17, 15) is 0 Å². The Bertz CT molecular complexity index is 486. The lowest BCUT2D eigenvalue weighted by Gasteiger charge is -2.30. The number of hydrogen-bond donors (Lipinski definition) is 2. The number of aryl methyl sites for hydroxylation is 2. The van der Waals surface area contributed by atoms with Crippen molar-refractivity contribution in [1.82, 2.24) is 14.7 Å². The van der Waals surface area contributed by atoms with E-state index in [4.69, 9.17) is 15.7 Å². The number of nitrogens with two attached hydrogens (primary N) is 1. The van der Waals surface area contributed by atoms with E-state index in [0.29, 0.717) is 35.8 Å². The summed E-state index contributed by atoms with van der Waals surface area (Å²) in [4.78, 5) is 2.34. The van der Waals surface area contributed by atoms with Crippen LogP contribution in [0.3, 0.4) is 0 Å². The van der Waals surface area contributed by atoms with Gasteiger partial charge in [-0.25, -0.2) is 4.68 Å². The third kappa shape index (κ3) is 4.10. The van der Waals surface area contributed by atoms with Crippen LogP contribution in [0.4, 0.5) is 0 Å². The molecule has 1 aromatic heterocycles. The van der Waals surface area contributed by atoms with Crippen molar-refractivity contribution in [2.24, 2.45) is 17.9 Å². The Morgan fingerprint density at radius 3 is 2.43 bits per heavy atom. The van der Waals surface area contributed by atoms with E-state index in [2.05, 4.69) is 42.8 Å². The molecule has 1 heterocycles. The largest absolute Gasteiger partial charge is 0.476 e. The average molecular weight is 297 g/mol. The van der Waals surface area contributed by atoms with Crippen molar-refractivity contribution in [3.8, 4) is 5.88 Å². The summed E-state index contributed by atoms with van der Waals surface area (Å²) in [6.45, 7) is 11.8. The standard InChI is InChI=1S/C14H27N5O2/c1-9(2)19(10(3)4)7-8-21-14-12(13(15)17-20)11(5)16-18(14)6/h9-10,20H,7-8H2,1-6H3,(H2,15,17). The van der Waals surface area contributed by atoms with E-state index in [1.54, 1.807) is 18.7 Å². The van der Waals surface area contributed by atoms with Crippen molar-refractivity contribution < 1.29 is 9.94 Å². The number of amidine groups is 1. The molecule has 0 saturated carbocycles. The molecule has 1 rings (SSSR count). The van der Waals surface area contributed by atoms with Crippen LogP contribution in [0.1, 0.15) is 39.0 Å². The number of aromatic nitrogens is 2. The maximum absolute atomic E-state index is 8.87. The van der Waals surface area contributed by atoms with E-state index in [1.165, 1.54) is 0 Å². The minimum atomic E-state index is 0.0141. The van der Waals surface area contributed by atoms with Crippen LogP contribution >= 0.6 is 0 Å². The molecule has 0 bridgehead atoms. The van der Waals surface area contributed by atoms with Gasteiger partial charge in [0.15, 0.2) is 5.84 Å². The lowest BCUT2D eigenvalue weighted by Crippen LogP contribution is -2.39. The van der Waals surface area contributed by atoms with Crippen LogP contribution in [0.15, 0.2) is 5.16 Å². The monoisotopic (exact) mass is 297 g/mol. The third-order valence-electron chi connectivity index (χ3n) is 3.45. The molecule has 0 aliphatic heterocycles. The summed E-state index contributed by atoms with van der Waals surface area (Å²) in [5, 5.41) is 16.2. The molecular formula is C14H27N5O2. The zero-order valence-electron chi connectivity index (χ0n) is 13.8. The van der Waals surface area contributed by atoms with Crippen molar-refractivity contribution in [3.63, 3.8) is 0 Å². The predicted octanol–water partition coefficient (Wildman–Crippen LogP) is 1.32. The lowest BCUT2D eigenvalue weighted by molar-refractivity contribution is 0.138. The van der Waals surface area contributed by atoms with Crippen LogP contribution in [-0.4, -0.2) is 51.0 Å². The second-order valence-electron chi connectivity index (χ2n) is 5.65. The molecule has 0 aromatic carbocycles. The van der Waals surface area contributed by atoms with Gasteiger partial charge in [-0.15, -0.1) is 0 Å². The number of oxime groups is 1. The number of nitrogens with zero attached hydrogens (tertiary/aromatic N) is 4. The Morgan fingerprint density at radius 2 is 1.95 bits per heavy atom. The van der Waals surface area contributed by atoms with Crippen LogP contribution in [0.5, 0.6) is 5.88 Å². The zero-order valence-corrected chi connectivity index (χ0v) is 13.8. The molecule has 1 aromatic rings. The highest BCUT2D eigenvalue weighted by Gasteiger charge is 2.19. The Labute approximate surface area is 126 Å². The Balaban J connectivity index is 2.81. The highest BCUT2D eigenvalue weighted by molar-refractivity contribution is 6.00. The minimum Gasteiger partial charge on any atom is -0.476 e. The first-order valence-corrected chi connectivity index (χ1v) is 7.19. The molecule has 0 aliphatic carbocycles. The fourth-order valence-corrected chi connectivity index (χ4v) is 2.51. The molecule has 120 valence electrons. The number of hydrogen-bond acceptors (Lipinski definition) is 5. The van der Waals surface area contributed by atoms with Gasteiger partial charge < -0.3 is 15.7 Å². The molecule has 0 atom stereocenters. The molecular weight excluding hydrogens is 270 g/mol. The van der Waals surface area contributed by atoms with Gasteiger partial charge in [0.1, 0.15) is 12.2 Å². The summed E-state index contributed by atoms with van der Waals surface area (Å²) < 4.78 is 7.44.